The number of carbonyl (C=O) groups is 1. The van der Waals surface area contributed by atoms with Gasteiger partial charge in [0.25, 0.3) is 0 Å². The molecule has 1 aliphatic heterocycles. The van der Waals surface area contributed by atoms with E-state index in [1.54, 1.807) is 6.20 Å². The molecule has 1 aliphatic rings. The van der Waals surface area contributed by atoms with Gasteiger partial charge in [0.15, 0.2) is 0 Å². The second-order valence-electron chi connectivity index (χ2n) is 8.07. The zero-order valence-corrected chi connectivity index (χ0v) is 17.9. The third kappa shape index (κ3) is 6.23. The highest BCUT2D eigenvalue weighted by molar-refractivity contribution is 5.82. The van der Waals surface area contributed by atoms with Gasteiger partial charge < -0.3 is 10.2 Å². The standard InChI is InChI=1S/C26H30N4O/c31-26(30-16-14-29(15-17-30)21-23-10-5-2-6-11-23)25(18-22-8-3-1-4-9-22)28-20-24-12-7-13-27-19-24/h1-13,19,25,28H,14-18,20-21H2. The fraction of sp³-hybridized carbons (Fsp3) is 0.308. The SMILES string of the molecule is O=C(C(Cc1ccccc1)NCc1cccnc1)N1CCN(Cc2ccccc2)CC1. The minimum atomic E-state index is -0.247. The number of hydrogen-bond donors (Lipinski definition) is 1. The van der Waals surface area contributed by atoms with Gasteiger partial charge in [0.05, 0.1) is 6.04 Å². The minimum absolute atomic E-state index is 0.187. The maximum Gasteiger partial charge on any atom is 0.240 e. The summed E-state index contributed by atoms with van der Waals surface area (Å²) in [6, 6.07) is 24.5. The lowest BCUT2D eigenvalue weighted by atomic mass is 10.0. The van der Waals surface area contributed by atoms with Crippen molar-refractivity contribution in [3.05, 3.63) is 102 Å². The summed E-state index contributed by atoms with van der Waals surface area (Å²) in [5.41, 5.74) is 3.57. The first-order valence-corrected chi connectivity index (χ1v) is 11.0. The molecule has 0 bridgehead atoms. The number of nitrogens with one attached hydrogen (secondary N) is 1. The normalized spacial score (nSPS) is 15.5. The average molecular weight is 415 g/mol. The summed E-state index contributed by atoms with van der Waals surface area (Å²) in [4.78, 5) is 22.0. The fourth-order valence-corrected chi connectivity index (χ4v) is 4.03. The van der Waals surface area contributed by atoms with Crippen LogP contribution in [0.25, 0.3) is 0 Å². The van der Waals surface area contributed by atoms with E-state index in [-0.39, 0.29) is 11.9 Å². The van der Waals surface area contributed by atoms with E-state index in [9.17, 15) is 4.79 Å². The molecule has 2 aromatic carbocycles. The molecule has 0 saturated carbocycles. The molecule has 1 amide bonds. The molecule has 0 aliphatic carbocycles. The smallest absolute Gasteiger partial charge is 0.240 e. The van der Waals surface area contributed by atoms with Gasteiger partial charge in [0, 0.05) is 51.7 Å². The van der Waals surface area contributed by atoms with E-state index in [0.717, 1.165) is 38.3 Å². The van der Waals surface area contributed by atoms with Gasteiger partial charge in [0.1, 0.15) is 0 Å². The number of nitrogens with zero attached hydrogens (tertiary/aromatic N) is 3. The Kier molecular flexibility index (Phi) is 7.42. The first-order valence-electron chi connectivity index (χ1n) is 11.0. The summed E-state index contributed by atoms with van der Waals surface area (Å²) in [5.74, 6) is 0.187. The molecular weight excluding hydrogens is 384 g/mol. The summed E-state index contributed by atoms with van der Waals surface area (Å²) in [5, 5.41) is 3.49. The Morgan fingerprint density at radius 1 is 0.839 bits per heavy atom. The van der Waals surface area contributed by atoms with Crippen LogP contribution in [0.4, 0.5) is 0 Å². The van der Waals surface area contributed by atoms with Gasteiger partial charge in [-0.25, -0.2) is 0 Å². The Morgan fingerprint density at radius 2 is 1.48 bits per heavy atom. The Morgan fingerprint density at radius 3 is 2.13 bits per heavy atom. The largest absolute Gasteiger partial charge is 0.339 e. The van der Waals surface area contributed by atoms with E-state index >= 15 is 0 Å². The first-order chi connectivity index (χ1) is 15.3. The highest BCUT2D eigenvalue weighted by Crippen LogP contribution is 2.12. The van der Waals surface area contributed by atoms with E-state index in [2.05, 4.69) is 51.6 Å². The zero-order valence-electron chi connectivity index (χ0n) is 17.9. The number of pyridine rings is 1. The number of amides is 1. The number of hydrogen-bond acceptors (Lipinski definition) is 4. The molecule has 1 fully saturated rings. The molecule has 3 aromatic rings. The molecule has 1 atom stereocenters. The number of benzene rings is 2. The molecule has 160 valence electrons. The monoisotopic (exact) mass is 414 g/mol. The lowest BCUT2D eigenvalue weighted by Gasteiger charge is -2.36. The van der Waals surface area contributed by atoms with Crippen molar-refractivity contribution in [3.8, 4) is 0 Å². The third-order valence-corrected chi connectivity index (χ3v) is 5.79. The first kappa shape index (κ1) is 21.2. The van der Waals surface area contributed by atoms with Gasteiger partial charge in [-0.2, -0.15) is 0 Å². The lowest BCUT2D eigenvalue weighted by Crippen LogP contribution is -2.54. The summed E-state index contributed by atoms with van der Waals surface area (Å²) >= 11 is 0. The Bertz CT molecular complexity index is 925. The molecule has 5 heteroatoms. The predicted molar refractivity (Wildman–Crippen MR) is 123 cm³/mol. The molecule has 0 spiro atoms. The number of carbonyl (C=O) groups excluding carboxylic acids is 1. The predicted octanol–water partition coefficient (Wildman–Crippen LogP) is 3.13. The maximum atomic E-state index is 13.4. The Hall–Kier alpha value is -3.02. The van der Waals surface area contributed by atoms with Crippen molar-refractivity contribution in [3.63, 3.8) is 0 Å². The summed E-state index contributed by atoms with van der Waals surface area (Å²) < 4.78 is 0. The number of piperazine rings is 1. The third-order valence-electron chi connectivity index (χ3n) is 5.79. The molecule has 1 unspecified atom stereocenters. The van der Waals surface area contributed by atoms with Crippen LogP contribution >= 0.6 is 0 Å². The van der Waals surface area contributed by atoms with Gasteiger partial charge in [-0.1, -0.05) is 66.7 Å². The highest BCUT2D eigenvalue weighted by atomic mass is 16.2. The topological polar surface area (TPSA) is 48.5 Å². The molecule has 4 rings (SSSR count). The fourth-order valence-electron chi connectivity index (χ4n) is 4.03. The van der Waals surface area contributed by atoms with E-state index < -0.39 is 0 Å². The van der Waals surface area contributed by atoms with Crippen molar-refractivity contribution in [2.75, 3.05) is 26.2 Å². The molecule has 1 N–H and O–H groups in total. The molecule has 31 heavy (non-hydrogen) atoms. The van der Waals surface area contributed by atoms with Crippen LogP contribution in [0.3, 0.4) is 0 Å². The van der Waals surface area contributed by atoms with Crippen LogP contribution in [0, 0.1) is 0 Å². The molecular formula is C26H30N4O. The van der Waals surface area contributed by atoms with Crippen molar-refractivity contribution < 1.29 is 4.79 Å². The van der Waals surface area contributed by atoms with Crippen LogP contribution in [-0.2, 0) is 24.3 Å². The van der Waals surface area contributed by atoms with Crippen LogP contribution in [0.1, 0.15) is 16.7 Å². The van der Waals surface area contributed by atoms with Crippen molar-refractivity contribution in [2.24, 2.45) is 0 Å². The van der Waals surface area contributed by atoms with Gasteiger partial charge in [-0.15, -0.1) is 0 Å². The summed E-state index contributed by atoms with van der Waals surface area (Å²) in [6.45, 7) is 4.92. The second kappa shape index (κ2) is 10.8. The van der Waals surface area contributed by atoms with E-state index in [1.807, 2.05) is 47.5 Å². The quantitative estimate of drug-likeness (QED) is 0.615. The molecule has 0 radical (unpaired) electrons. The lowest BCUT2D eigenvalue weighted by molar-refractivity contribution is -0.135. The van der Waals surface area contributed by atoms with Gasteiger partial charge in [0.2, 0.25) is 5.91 Å². The average Bonchev–Trinajstić information content (AvgIpc) is 2.84. The van der Waals surface area contributed by atoms with Crippen LogP contribution < -0.4 is 5.32 Å². The van der Waals surface area contributed by atoms with Gasteiger partial charge >= 0.3 is 0 Å². The second-order valence-corrected chi connectivity index (χ2v) is 8.07. The maximum absolute atomic E-state index is 13.4. The summed E-state index contributed by atoms with van der Waals surface area (Å²) in [6.07, 6.45) is 4.30. The van der Waals surface area contributed by atoms with Crippen molar-refractivity contribution in [1.82, 2.24) is 20.1 Å². The zero-order chi connectivity index (χ0) is 21.3. The summed E-state index contributed by atoms with van der Waals surface area (Å²) in [7, 11) is 0. The van der Waals surface area contributed by atoms with Crippen LogP contribution in [-0.4, -0.2) is 52.9 Å². The minimum Gasteiger partial charge on any atom is -0.339 e. The van der Waals surface area contributed by atoms with E-state index in [4.69, 9.17) is 0 Å². The highest BCUT2D eigenvalue weighted by Gasteiger charge is 2.27. The van der Waals surface area contributed by atoms with E-state index in [1.165, 1.54) is 11.1 Å². The molecule has 1 aromatic heterocycles. The van der Waals surface area contributed by atoms with E-state index in [0.29, 0.717) is 13.0 Å². The van der Waals surface area contributed by atoms with Gasteiger partial charge in [-0.3, -0.25) is 14.7 Å². The molecule has 2 heterocycles. The Balaban J connectivity index is 1.36. The van der Waals surface area contributed by atoms with Crippen LogP contribution in [0.2, 0.25) is 0 Å². The Labute approximate surface area is 184 Å². The van der Waals surface area contributed by atoms with Crippen molar-refractivity contribution in [1.29, 1.82) is 0 Å². The van der Waals surface area contributed by atoms with Gasteiger partial charge in [-0.05, 0) is 29.2 Å². The number of aromatic nitrogens is 1. The molecule has 1 saturated heterocycles. The van der Waals surface area contributed by atoms with Crippen molar-refractivity contribution >= 4 is 5.91 Å². The van der Waals surface area contributed by atoms with Crippen molar-refractivity contribution in [2.45, 2.75) is 25.6 Å². The van der Waals surface area contributed by atoms with Crippen LogP contribution in [0.15, 0.2) is 85.2 Å². The number of rotatable bonds is 8. The molecule has 5 nitrogen and oxygen atoms in total. The van der Waals surface area contributed by atoms with Crippen LogP contribution in [0.5, 0.6) is 0 Å².